The highest BCUT2D eigenvalue weighted by molar-refractivity contribution is 7.07. The van der Waals surface area contributed by atoms with Crippen molar-refractivity contribution in [2.45, 2.75) is 31.7 Å². The number of hydrogen-bond donors (Lipinski definition) is 0. The van der Waals surface area contributed by atoms with Crippen LogP contribution < -0.4 is 0 Å². The Kier molecular flexibility index (Phi) is 11.1. The lowest BCUT2D eigenvalue weighted by atomic mass is 10.0. The lowest BCUT2D eigenvalue weighted by Crippen LogP contribution is -2.56. The van der Waals surface area contributed by atoms with Gasteiger partial charge in [0.2, 0.25) is 11.8 Å². The van der Waals surface area contributed by atoms with E-state index < -0.39 is 23.7 Å². The number of halogens is 3. The number of hydrogen-bond acceptors (Lipinski definition) is 6. The third-order valence-corrected chi connectivity index (χ3v) is 9.32. The predicted molar refractivity (Wildman–Crippen MR) is 189 cm³/mol. The Morgan fingerprint density at radius 2 is 1.56 bits per heavy atom. The lowest BCUT2D eigenvalue weighted by molar-refractivity contribution is -0.145. The van der Waals surface area contributed by atoms with Gasteiger partial charge in [0, 0.05) is 68.9 Å². The maximum atomic E-state index is 14.4. The first-order valence-corrected chi connectivity index (χ1v) is 17.3. The van der Waals surface area contributed by atoms with Crippen LogP contribution >= 0.6 is 11.3 Å². The summed E-state index contributed by atoms with van der Waals surface area (Å²) >= 11 is 1.42. The molecule has 1 atom stereocenters. The molecule has 1 aliphatic heterocycles. The molecule has 0 spiro atoms. The zero-order valence-electron chi connectivity index (χ0n) is 27.2. The van der Waals surface area contributed by atoms with E-state index >= 15 is 0 Å². The molecule has 0 unspecified atom stereocenters. The Bertz CT molecular complexity index is 1860. The SMILES string of the molecule is O=C([C@H](Cc1cscn1)N(Cc1ccc(-c2ccccn2)cc1)C(=O)C=Cc1ccc(C(F)(F)F)cc1)N1CCN(Cc2ccccc2)CC1. The fourth-order valence-electron chi connectivity index (χ4n) is 5.95. The highest BCUT2D eigenvalue weighted by Crippen LogP contribution is 2.29. The molecule has 0 N–H and O–H groups in total. The van der Waals surface area contributed by atoms with Crippen LogP contribution in [0.1, 0.15) is 27.9 Å². The average molecular weight is 696 g/mol. The fourth-order valence-corrected chi connectivity index (χ4v) is 6.52. The summed E-state index contributed by atoms with van der Waals surface area (Å²) in [5.74, 6) is -0.603. The number of piperazine rings is 1. The minimum atomic E-state index is -4.46. The molecule has 0 radical (unpaired) electrons. The number of benzene rings is 3. The van der Waals surface area contributed by atoms with Crippen LogP contribution in [-0.4, -0.2) is 68.7 Å². The minimum Gasteiger partial charge on any atom is -0.338 e. The summed E-state index contributed by atoms with van der Waals surface area (Å²) in [6.45, 7) is 3.34. The third-order valence-electron chi connectivity index (χ3n) is 8.69. The Morgan fingerprint density at radius 1 is 0.840 bits per heavy atom. The molecular weight excluding hydrogens is 660 g/mol. The molecule has 5 aromatic rings. The summed E-state index contributed by atoms with van der Waals surface area (Å²) in [7, 11) is 0. The molecule has 1 aliphatic rings. The summed E-state index contributed by atoms with van der Waals surface area (Å²) in [4.78, 5) is 43.1. The third kappa shape index (κ3) is 9.10. The standard InChI is InChI=1S/C39H36F3N5O2S/c40-39(41,42)33-16-11-29(12-17-33)13-18-37(48)47(26-31-9-14-32(15-10-31)35-8-4-5-19-43-35)36(24-34-27-50-28-44-34)38(49)46-22-20-45(21-23-46)25-30-6-2-1-3-7-30/h1-19,27-28,36H,20-26H2/t36-/m0/s1. The molecule has 0 saturated carbocycles. The first kappa shape index (κ1) is 34.7. The van der Waals surface area contributed by atoms with Crippen LogP contribution in [0.5, 0.6) is 0 Å². The molecule has 1 saturated heterocycles. The van der Waals surface area contributed by atoms with Gasteiger partial charge >= 0.3 is 6.18 Å². The second kappa shape index (κ2) is 16.1. The first-order chi connectivity index (χ1) is 24.2. The number of carbonyl (C=O) groups excluding carboxylic acids is 2. The van der Waals surface area contributed by atoms with Gasteiger partial charge in [-0.1, -0.05) is 72.8 Å². The van der Waals surface area contributed by atoms with Crippen LogP contribution in [-0.2, 0) is 35.3 Å². The van der Waals surface area contributed by atoms with Crippen LogP contribution in [0.15, 0.2) is 120 Å². The predicted octanol–water partition coefficient (Wildman–Crippen LogP) is 7.22. The van der Waals surface area contributed by atoms with E-state index in [9.17, 15) is 22.8 Å². The topological polar surface area (TPSA) is 69.6 Å². The normalized spacial score (nSPS) is 14.5. The molecule has 3 heterocycles. The van der Waals surface area contributed by atoms with Crippen LogP contribution in [0, 0.1) is 0 Å². The number of rotatable bonds is 11. The Labute approximate surface area is 293 Å². The summed E-state index contributed by atoms with van der Waals surface area (Å²) in [5, 5.41) is 1.88. The van der Waals surface area contributed by atoms with Gasteiger partial charge < -0.3 is 9.80 Å². The Morgan fingerprint density at radius 3 is 2.20 bits per heavy atom. The van der Waals surface area contributed by atoms with Gasteiger partial charge in [-0.25, -0.2) is 4.98 Å². The smallest absolute Gasteiger partial charge is 0.338 e. The largest absolute Gasteiger partial charge is 0.416 e. The Hall–Kier alpha value is -5.13. The lowest BCUT2D eigenvalue weighted by Gasteiger charge is -2.39. The van der Waals surface area contributed by atoms with Crippen molar-refractivity contribution in [3.05, 3.63) is 148 Å². The molecule has 1 fully saturated rings. The quantitative estimate of drug-likeness (QED) is 0.137. The van der Waals surface area contributed by atoms with E-state index in [0.29, 0.717) is 37.4 Å². The van der Waals surface area contributed by atoms with Crippen molar-refractivity contribution in [3.63, 3.8) is 0 Å². The van der Waals surface area contributed by atoms with Crippen molar-refractivity contribution in [1.82, 2.24) is 24.7 Å². The molecule has 7 nitrogen and oxygen atoms in total. The molecule has 2 amide bonds. The molecule has 2 aromatic heterocycles. The number of nitrogens with zero attached hydrogens (tertiary/aromatic N) is 5. The first-order valence-electron chi connectivity index (χ1n) is 16.3. The van der Waals surface area contributed by atoms with E-state index in [-0.39, 0.29) is 18.9 Å². The van der Waals surface area contributed by atoms with E-state index in [2.05, 4.69) is 27.0 Å². The van der Waals surface area contributed by atoms with Crippen molar-refractivity contribution < 1.29 is 22.8 Å². The minimum absolute atomic E-state index is 0.132. The van der Waals surface area contributed by atoms with Crippen molar-refractivity contribution in [2.75, 3.05) is 26.2 Å². The van der Waals surface area contributed by atoms with Crippen LogP contribution in [0.4, 0.5) is 13.2 Å². The zero-order valence-corrected chi connectivity index (χ0v) is 28.1. The summed E-state index contributed by atoms with van der Waals surface area (Å²) in [6.07, 6.45) is 0.287. The van der Waals surface area contributed by atoms with Gasteiger partial charge in [0.1, 0.15) is 6.04 Å². The summed E-state index contributed by atoms with van der Waals surface area (Å²) in [6, 6.07) is 27.3. The number of pyridine rings is 1. The number of carbonyl (C=O) groups is 2. The molecular formula is C39H36F3N5O2S. The van der Waals surface area contributed by atoms with E-state index in [4.69, 9.17) is 0 Å². The van der Waals surface area contributed by atoms with E-state index in [1.165, 1.54) is 41.2 Å². The van der Waals surface area contributed by atoms with E-state index in [1.54, 1.807) is 16.6 Å². The summed E-state index contributed by atoms with van der Waals surface area (Å²) < 4.78 is 39.4. The van der Waals surface area contributed by atoms with Crippen molar-refractivity contribution in [3.8, 4) is 11.3 Å². The monoisotopic (exact) mass is 695 g/mol. The number of aromatic nitrogens is 2. The second-order valence-corrected chi connectivity index (χ2v) is 12.8. The number of alkyl halides is 3. The van der Waals surface area contributed by atoms with Gasteiger partial charge in [-0.05, 0) is 47.0 Å². The molecule has 50 heavy (non-hydrogen) atoms. The van der Waals surface area contributed by atoms with Crippen LogP contribution in [0.2, 0.25) is 0 Å². The Balaban J connectivity index is 1.26. The van der Waals surface area contributed by atoms with Gasteiger partial charge in [0.05, 0.1) is 22.5 Å². The van der Waals surface area contributed by atoms with E-state index in [0.717, 1.165) is 35.5 Å². The fraction of sp³-hybridized carbons (Fsp3) is 0.231. The number of amides is 2. The van der Waals surface area contributed by atoms with Crippen LogP contribution in [0.25, 0.3) is 17.3 Å². The average Bonchev–Trinajstić information content (AvgIpc) is 3.66. The van der Waals surface area contributed by atoms with Gasteiger partial charge in [0.15, 0.2) is 0 Å². The molecule has 0 aliphatic carbocycles. The van der Waals surface area contributed by atoms with Crippen molar-refractivity contribution >= 4 is 29.2 Å². The highest BCUT2D eigenvalue weighted by Gasteiger charge is 2.35. The maximum Gasteiger partial charge on any atom is 0.416 e. The van der Waals surface area contributed by atoms with Crippen molar-refractivity contribution in [2.24, 2.45) is 0 Å². The highest BCUT2D eigenvalue weighted by atomic mass is 32.1. The number of thiazole rings is 1. The van der Waals surface area contributed by atoms with Gasteiger partial charge in [-0.15, -0.1) is 11.3 Å². The van der Waals surface area contributed by atoms with E-state index in [1.807, 2.05) is 70.9 Å². The maximum absolute atomic E-state index is 14.4. The van der Waals surface area contributed by atoms with Gasteiger partial charge in [0.25, 0.3) is 0 Å². The van der Waals surface area contributed by atoms with Gasteiger partial charge in [-0.3, -0.25) is 19.5 Å². The van der Waals surface area contributed by atoms with Crippen LogP contribution in [0.3, 0.4) is 0 Å². The molecule has 6 rings (SSSR count). The van der Waals surface area contributed by atoms with Gasteiger partial charge in [-0.2, -0.15) is 13.2 Å². The molecule has 11 heteroatoms. The zero-order chi connectivity index (χ0) is 34.9. The molecule has 3 aromatic carbocycles. The van der Waals surface area contributed by atoms with Crippen molar-refractivity contribution in [1.29, 1.82) is 0 Å². The molecule has 0 bridgehead atoms. The second-order valence-electron chi connectivity index (χ2n) is 12.1. The summed E-state index contributed by atoms with van der Waals surface area (Å²) in [5.41, 5.74) is 5.81. The molecule has 256 valence electrons.